The smallest absolute Gasteiger partial charge is 0.253 e. The average molecular weight is 594 g/mol. The lowest BCUT2D eigenvalue weighted by atomic mass is 9.88. The molecule has 39 heavy (non-hydrogen) atoms. The molecule has 1 saturated heterocycles. The Morgan fingerprint density at radius 3 is 2.49 bits per heavy atom. The third-order valence-electron chi connectivity index (χ3n) is 7.69. The van der Waals surface area contributed by atoms with Gasteiger partial charge in [-0.25, -0.2) is 13.1 Å². The maximum absolute atomic E-state index is 14.3. The standard InChI is InChI=1S/C26H30Cl2N6O4S/c1-3-20(15-26(11-12-26)39(36,37)29-2)34-23(16-7-9-18(27)10-8-16)24(17-5-4-6-19(28)13-17)38-21(25(34)35)14-22-30-32-33-31-22/h4-10,13,20-21,23-24,29H,3,11-12,14-15H2,1-2H3,(H,30,31,32,33)/t20-,21+,23+,24+/m0/s1. The zero-order valence-electron chi connectivity index (χ0n) is 21.5. The van der Waals surface area contributed by atoms with E-state index in [9.17, 15) is 13.2 Å². The second-order valence-electron chi connectivity index (χ2n) is 10.0. The number of amides is 1. The van der Waals surface area contributed by atoms with Gasteiger partial charge in [-0.1, -0.05) is 59.6 Å². The fraction of sp³-hybridized carbons (Fsp3) is 0.462. The number of benzene rings is 2. The maximum atomic E-state index is 14.3. The zero-order valence-corrected chi connectivity index (χ0v) is 23.9. The van der Waals surface area contributed by atoms with Crippen molar-refractivity contribution in [2.75, 3.05) is 7.05 Å². The van der Waals surface area contributed by atoms with Crippen LogP contribution >= 0.6 is 23.2 Å². The van der Waals surface area contributed by atoms with Crippen LogP contribution in [-0.2, 0) is 26.0 Å². The van der Waals surface area contributed by atoms with Crippen LogP contribution in [0.1, 0.15) is 61.7 Å². The van der Waals surface area contributed by atoms with Gasteiger partial charge in [0.2, 0.25) is 10.0 Å². The van der Waals surface area contributed by atoms with Crippen LogP contribution in [0.3, 0.4) is 0 Å². The van der Waals surface area contributed by atoms with Crippen LogP contribution in [0.4, 0.5) is 0 Å². The number of tetrazole rings is 1. The van der Waals surface area contributed by atoms with Crippen LogP contribution in [0.25, 0.3) is 0 Å². The van der Waals surface area contributed by atoms with E-state index < -0.39 is 33.0 Å². The molecule has 1 aliphatic heterocycles. The van der Waals surface area contributed by atoms with Crippen molar-refractivity contribution < 1.29 is 17.9 Å². The van der Waals surface area contributed by atoms with Crippen molar-refractivity contribution in [1.82, 2.24) is 30.2 Å². The van der Waals surface area contributed by atoms with E-state index in [0.717, 1.165) is 11.1 Å². The summed E-state index contributed by atoms with van der Waals surface area (Å²) in [4.78, 5) is 16.1. The molecule has 5 rings (SSSR count). The Bertz CT molecular complexity index is 1420. The summed E-state index contributed by atoms with van der Waals surface area (Å²) in [5, 5.41) is 15.2. The van der Waals surface area contributed by atoms with Crippen LogP contribution in [-0.4, -0.2) is 63.8 Å². The van der Waals surface area contributed by atoms with E-state index in [2.05, 4.69) is 25.3 Å². The van der Waals surface area contributed by atoms with E-state index >= 15 is 0 Å². The number of H-pyrrole nitrogens is 1. The molecule has 3 aromatic rings. The molecule has 1 amide bonds. The molecule has 2 aromatic carbocycles. The van der Waals surface area contributed by atoms with Gasteiger partial charge in [0.05, 0.1) is 10.8 Å². The largest absolute Gasteiger partial charge is 0.357 e. The molecule has 1 aliphatic carbocycles. The first kappa shape index (κ1) is 28.0. The van der Waals surface area contributed by atoms with Crippen LogP contribution < -0.4 is 4.72 Å². The molecule has 4 atom stereocenters. The van der Waals surface area contributed by atoms with Gasteiger partial charge < -0.3 is 9.64 Å². The number of ether oxygens (including phenoxy) is 1. The summed E-state index contributed by atoms with van der Waals surface area (Å²) < 4.78 is 34.1. The van der Waals surface area contributed by atoms with E-state index in [-0.39, 0.29) is 18.4 Å². The lowest BCUT2D eigenvalue weighted by Crippen LogP contribution is -2.56. The topological polar surface area (TPSA) is 130 Å². The van der Waals surface area contributed by atoms with Crippen molar-refractivity contribution in [2.45, 2.75) is 68.1 Å². The van der Waals surface area contributed by atoms with E-state index in [4.69, 9.17) is 27.9 Å². The van der Waals surface area contributed by atoms with Gasteiger partial charge in [0.15, 0.2) is 5.82 Å². The second kappa shape index (κ2) is 11.1. The van der Waals surface area contributed by atoms with Crippen LogP contribution in [0.5, 0.6) is 0 Å². The molecule has 0 bridgehead atoms. The van der Waals surface area contributed by atoms with Gasteiger partial charge in [-0.15, -0.1) is 10.2 Å². The van der Waals surface area contributed by atoms with Crippen molar-refractivity contribution in [2.24, 2.45) is 0 Å². The van der Waals surface area contributed by atoms with E-state index in [1.807, 2.05) is 42.2 Å². The quantitative estimate of drug-likeness (QED) is 0.363. The Morgan fingerprint density at radius 2 is 1.90 bits per heavy atom. The molecule has 2 aliphatic rings. The number of rotatable bonds is 10. The molecular weight excluding hydrogens is 563 g/mol. The second-order valence-corrected chi connectivity index (χ2v) is 13.2. The number of nitrogens with one attached hydrogen (secondary N) is 2. The lowest BCUT2D eigenvalue weighted by Gasteiger charge is -2.48. The Hall–Kier alpha value is -2.57. The predicted molar refractivity (Wildman–Crippen MR) is 147 cm³/mol. The summed E-state index contributed by atoms with van der Waals surface area (Å²) in [5.41, 5.74) is 1.60. The Morgan fingerprint density at radius 1 is 1.15 bits per heavy atom. The number of carbonyl (C=O) groups excluding carboxylic acids is 1. The van der Waals surface area contributed by atoms with Gasteiger partial charge in [-0.2, -0.15) is 5.21 Å². The Kier molecular flexibility index (Phi) is 7.98. The number of halogens is 2. The normalized spacial score (nSPS) is 23.5. The molecule has 1 aromatic heterocycles. The summed E-state index contributed by atoms with van der Waals surface area (Å²) in [6.45, 7) is 1.97. The third-order valence-corrected chi connectivity index (χ3v) is 10.4. The molecule has 10 nitrogen and oxygen atoms in total. The van der Waals surface area contributed by atoms with Crippen LogP contribution in [0.15, 0.2) is 48.5 Å². The van der Waals surface area contributed by atoms with Gasteiger partial charge in [-0.05, 0) is 68.1 Å². The minimum absolute atomic E-state index is 0.104. The Labute approximate surface area is 237 Å². The zero-order chi connectivity index (χ0) is 27.8. The molecule has 2 fully saturated rings. The summed E-state index contributed by atoms with van der Waals surface area (Å²) in [7, 11) is -2.11. The number of sulfonamides is 1. The minimum Gasteiger partial charge on any atom is -0.357 e. The molecule has 1 saturated carbocycles. The van der Waals surface area contributed by atoms with Gasteiger partial charge >= 0.3 is 0 Å². The number of hydrogen-bond donors (Lipinski definition) is 2. The fourth-order valence-electron chi connectivity index (χ4n) is 5.48. The number of aromatic amines is 1. The summed E-state index contributed by atoms with van der Waals surface area (Å²) in [6, 6.07) is 13.7. The first-order chi connectivity index (χ1) is 18.7. The summed E-state index contributed by atoms with van der Waals surface area (Å²) in [5.74, 6) is 0.0788. The monoisotopic (exact) mass is 592 g/mol. The molecule has 208 valence electrons. The van der Waals surface area contributed by atoms with Crippen molar-refractivity contribution in [3.05, 3.63) is 75.5 Å². The van der Waals surface area contributed by atoms with Crippen LogP contribution in [0, 0.1) is 0 Å². The van der Waals surface area contributed by atoms with Gasteiger partial charge in [0.1, 0.15) is 12.2 Å². The molecule has 13 heteroatoms. The Balaban J connectivity index is 1.62. The van der Waals surface area contributed by atoms with Gasteiger partial charge in [-0.3, -0.25) is 4.79 Å². The first-order valence-corrected chi connectivity index (χ1v) is 15.1. The molecule has 2 heterocycles. The maximum Gasteiger partial charge on any atom is 0.253 e. The van der Waals surface area contributed by atoms with Gasteiger partial charge in [0, 0.05) is 22.5 Å². The highest BCUT2D eigenvalue weighted by Crippen LogP contribution is 2.51. The molecular formula is C26H30Cl2N6O4S. The lowest BCUT2D eigenvalue weighted by molar-refractivity contribution is -0.180. The average Bonchev–Trinajstić information content (AvgIpc) is 3.55. The summed E-state index contributed by atoms with van der Waals surface area (Å²) in [6.07, 6.45) is 0.520. The molecule has 0 radical (unpaired) electrons. The number of morpholine rings is 1. The highest BCUT2D eigenvalue weighted by atomic mass is 35.5. The van der Waals surface area contributed by atoms with Crippen molar-refractivity contribution in [3.63, 3.8) is 0 Å². The number of carbonyl (C=O) groups is 1. The fourth-order valence-corrected chi connectivity index (χ4v) is 7.29. The first-order valence-electron chi connectivity index (χ1n) is 12.8. The SMILES string of the molecule is CC[C@@H](CC1(S(=O)(=O)NC)CC1)N1C(=O)[C@@H](Cc2nn[nH]n2)O[C@H](c2cccc(Cl)c2)[C@H]1c1ccc(Cl)cc1. The molecule has 0 spiro atoms. The third kappa shape index (κ3) is 5.55. The predicted octanol–water partition coefficient (Wildman–Crippen LogP) is 4.01. The van der Waals surface area contributed by atoms with Crippen LogP contribution in [0.2, 0.25) is 10.0 Å². The van der Waals surface area contributed by atoms with Crippen molar-refractivity contribution in [3.8, 4) is 0 Å². The number of hydrogen-bond acceptors (Lipinski definition) is 7. The minimum atomic E-state index is -3.55. The van der Waals surface area contributed by atoms with E-state index in [1.54, 1.807) is 18.2 Å². The van der Waals surface area contributed by atoms with Crippen molar-refractivity contribution >= 4 is 39.1 Å². The van der Waals surface area contributed by atoms with Gasteiger partial charge in [0.25, 0.3) is 5.91 Å². The highest BCUT2D eigenvalue weighted by molar-refractivity contribution is 7.91. The number of nitrogens with zero attached hydrogens (tertiary/aromatic N) is 4. The van der Waals surface area contributed by atoms with E-state index in [1.165, 1.54) is 7.05 Å². The number of aromatic nitrogens is 4. The molecule has 2 N–H and O–H groups in total. The summed E-state index contributed by atoms with van der Waals surface area (Å²) >= 11 is 12.6. The van der Waals surface area contributed by atoms with Crippen molar-refractivity contribution in [1.29, 1.82) is 0 Å². The highest BCUT2D eigenvalue weighted by Gasteiger charge is 2.57. The molecule has 0 unspecified atom stereocenters. The van der Waals surface area contributed by atoms with E-state index in [0.29, 0.717) is 41.6 Å².